The van der Waals surface area contributed by atoms with E-state index >= 15 is 0 Å². The molecule has 0 aliphatic carbocycles. The van der Waals surface area contributed by atoms with Gasteiger partial charge < -0.3 is 11.1 Å². The molecule has 5 nitrogen and oxygen atoms in total. The lowest BCUT2D eigenvalue weighted by Crippen LogP contribution is -2.50. The molecule has 0 aliphatic rings. The van der Waals surface area contributed by atoms with Gasteiger partial charge in [-0.15, -0.1) is 0 Å². The molecule has 0 bridgehead atoms. The summed E-state index contributed by atoms with van der Waals surface area (Å²) in [4.78, 5) is 21.9. The van der Waals surface area contributed by atoms with Crippen LogP contribution in [0.1, 0.15) is 27.7 Å². The fourth-order valence-corrected chi connectivity index (χ4v) is 0.824. The molecule has 0 aliphatic heterocycles. The van der Waals surface area contributed by atoms with Crippen molar-refractivity contribution >= 4 is 11.8 Å². The first-order valence-electron chi connectivity index (χ1n) is 4.56. The minimum Gasteiger partial charge on any atom is -0.369 e. The van der Waals surface area contributed by atoms with Crippen LogP contribution in [0.5, 0.6) is 0 Å². The molecule has 0 heterocycles. The summed E-state index contributed by atoms with van der Waals surface area (Å²) in [5, 5.41) is 5.51. The van der Waals surface area contributed by atoms with Crippen molar-refractivity contribution in [3.63, 3.8) is 0 Å². The van der Waals surface area contributed by atoms with Crippen LogP contribution in [0.3, 0.4) is 0 Å². The van der Waals surface area contributed by atoms with Gasteiger partial charge in [-0.2, -0.15) is 0 Å². The highest BCUT2D eigenvalue weighted by Crippen LogP contribution is 1.98. The third-order valence-corrected chi connectivity index (χ3v) is 1.47. The first-order valence-corrected chi connectivity index (χ1v) is 4.56. The predicted molar refractivity (Wildman–Crippen MR) is 54.6 cm³/mol. The molecule has 0 aromatic heterocycles. The molecule has 2 amide bonds. The van der Waals surface area contributed by atoms with Crippen molar-refractivity contribution in [2.45, 2.75) is 39.3 Å². The van der Waals surface area contributed by atoms with Crippen molar-refractivity contribution in [1.29, 1.82) is 0 Å². The highest BCUT2D eigenvalue weighted by molar-refractivity contribution is 5.83. The lowest BCUT2D eigenvalue weighted by molar-refractivity contribution is -0.124. The topological polar surface area (TPSA) is 84.2 Å². The lowest BCUT2D eigenvalue weighted by Gasteiger charge is -2.23. The number of carbonyl (C=O) groups is 2. The maximum atomic E-state index is 11.4. The molecule has 4 N–H and O–H groups in total. The second kappa shape index (κ2) is 4.95. The molecule has 14 heavy (non-hydrogen) atoms. The van der Waals surface area contributed by atoms with E-state index in [1.54, 1.807) is 6.92 Å². The minimum atomic E-state index is -0.472. The number of hydrogen-bond donors (Lipinski definition) is 3. The van der Waals surface area contributed by atoms with E-state index in [1.165, 1.54) is 0 Å². The van der Waals surface area contributed by atoms with Gasteiger partial charge in [-0.25, -0.2) is 0 Å². The Morgan fingerprint density at radius 3 is 2.21 bits per heavy atom. The first-order chi connectivity index (χ1) is 6.22. The summed E-state index contributed by atoms with van der Waals surface area (Å²) in [6.07, 6.45) is 0. The fraction of sp³-hybridized carbons (Fsp3) is 0.778. The molecule has 0 rings (SSSR count). The minimum absolute atomic E-state index is 0.0126. The van der Waals surface area contributed by atoms with Crippen LogP contribution < -0.4 is 16.4 Å². The highest BCUT2D eigenvalue weighted by Gasteiger charge is 2.18. The molecular weight excluding hydrogens is 182 g/mol. The number of amides is 2. The van der Waals surface area contributed by atoms with Gasteiger partial charge in [0.1, 0.15) is 0 Å². The van der Waals surface area contributed by atoms with Gasteiger partial charge in [0.05, 0.1) is 12.6 Å². The summed E-state index contributed by atoms with van der Waals surface area (Å²) in [6, 6.07) is -0.415. The van der Waals surface area contributed by atoms with Gasteiger partial charge in [0.25, 0.3) is 0 Å². The monoisotopic (exact) mass is 201 g/mol. The quantitative estimate of drug-likeness (QED) is 0.566. The van der Waals surface area contributed by atoms with Crippen LogP contribution in [0.25, 0.3) is 0 Å². The Bertz CT molecular complexity index is 221. The molecule has 1 unspecified atom stereocenters. The van der Waals surface area contributed by atoms with Gasteiger partial charge in [-0.05, 0) is 27.7 Å². The maximum Gasteiger partial charge on any atom is 0.237 e. The van der Waals surface area contributed by atoms with Crippen molar-refractivity contribution in [3.05, 3.63) is 0 Å². The number of hydrogen-bond acceptors (Lipinski definition) is 3. The summed E-state index contributed by atoms with van der Waals surface area (Å²) < 4.78 is 0. The molecule has 0 aromatic rings. The van der Waals surface area contributed by atoms with E-state index in [1.807, 2.05) is 20.8 Å². The van der Waals surface area contributed by atoms with Crippen LogP contribution in [0.4, 0.5) is 0 Å². The van der Waals surface area contributed by atoms with Crippen LogP contribution in [-0.2, 0) is 9.59 Å². The van der Waals surface area contributed by atoms with E-state index in [2.05, 4.69) is 10.6 Å². The summed E-state index contributed by atoms with van der Waals surface area (Å²) in [5.74, 6) is -0.612. The van der Waals surface area contributed by atoms with Gasteiger partial charge in [0.2, 0.25) is 11.8 Å². The molecular formula is C9H19N3O2. The fourth-order valence-electron chi connectivity index (χ4n) is 0.824. The number of carbonyl (C=O) groups excluding carboxylic acids is 2. The Morgan fingerprint density at radius 2 is 1.86 bits per heavy atom. The van der Waals surface area contributed by atoms with Crippen LogP contribution in [0, 0.1) is 0 Å². The van der Waals surface area contributed by atoms with Crippen molar-refractivity contribution in [3.8, 4) is 0 Å². The zero-order valence-electron chi connectivity index (χ0n) is 9.18. The lowest BCUT2D eigenvalue weighted by atomic mass is 10.1. The van der Waals surface area contributed by atoms with Crippen LogP contribution in [-0.4, -0.2) is 29.9 Å². The van der Waals surface area contributed by atoms with Crippen molar-refractivity contribution in [2.75, 3.05) is 6.54 Å². The number of primary amides is 1. The normalized spacial score (nSPS) is 13.4. The third kappa shape index (κ3) is 6.42. The van der Waals surface area contributed by atoms with E-state index in [4.69, 9.17) is 5.73 Å². The molecule has 0 radical (unpaired) electrons. The molecule has 0 fully saturated rings. The maximum absolute atomic E-state index is 11.4. The largest absolute Gasteiger partial charge is 0.369 e. The van der Waals surface area contributed by atoms with E-state index in [9.17, 15) is 9.59 Å². The van der Waals surface area contributed by atoms with Crippen LogP contribution in [0.15, 0.2) is 0 Å². The molecule has 0 aromatic carbocycles. The SMILES string of the molecule is CC(NCC(N)=O)C(=O)NC(C)(C)C. The molecule has 1 atom stereocenters. The molecule has 5 heteroatoms. The van der Waals surface area contributed by atoms with Crippen LogP contribution in [0.2, 0.25) is 0 Å². The Balaban J connectivity index is 3.94. The molecule has 0 saturated carbocycles. The van der Waals surface area contributed by atoms with Crippen molar-refractivity contribution < 1.29 is 9.59 Å². The van der Waals surface area contributed by atoms with Gasteiger partial charge in [0.15, 0.2) is 0 Å². The van der Waals surface area contributed by atoms with Gasteiger partial charge in [-0.1, -0.05) is 0 Å². The summed E-state index contributed by atoms with van der Waals surface area (Å²) in [6.45, 7) is 7.38. The molecule has 0 saturated heterocycles. The van der Waals surface area contributed by atoms with Gasteiger partial charge >= 0.3 is 0 Å². The van der Waals surface area contributed by atoms with Gasteiger partial charge in [-0.3, -0.25) is 14.9 Å². The predicted octanol–water partition coefficient (Wildman–Crippen LogP) is -0.635. The van der Waals surface area contributed by atoms with E-state index in [0.29, 0.717) is 0 Å². The Hall–Kier alpha value is -1.10. The summed E-state index contributed by atoms with van der Waals surface area (Å²) in [7, 11) is 0. The average Bonchev–Trinajstić information content (AvgIpc) is 1.96. The molecule has 82 valence electrons. The summed E-state index contributed by atoms with van der Waals surface area (Å²) in [5.41, 5.74) is 4.67. The third-order valence-electron chi connectivity index (χ3n) is 1.47. The van der Waals surface area contributed by atoms with E-state index in [-0.39, 0.29) is 18.0 Å². The van der Waals surface area contributed by atoms with E-state index < -0.39 is 11.9 Å². The second-order valence-electron chi connectivity index (χ2n) is 4.31. The first kappa shape index (κ1) is 12.9. The second-order valence-corrected chi connectivity index (χ2v) is 4.31. The standard InChI is InChI=1S/C9H19N3O2/c1-6(11-5-7(10)13)8(14)12-9(2,3)4/h6,11H,5H2,1-4H3,(H2,10,13)(H,12,14). The molecule has 0 spiro atoms. The smallest absolute Gasteiger partial charge is 0.237 e. The van der Waals surface area contributed by atoms with Crippen molar-refractivity contribution in [2.24, 2.45) is 5.73 Å². The van der Waals surface area contributed by atoms with E-state index in [0.717, 1.165) is 0 Å². The number of nitrogens with two attached hydrogens (primary N) is 1. The van der Waals surface area contributed by atoms with Crippen molar-refractivity contribution in [1.82, 2.24) is 10.6 Å². The van der Waals surface area contributed by atoms with Gasteiger partial charge in [0, 0.05) is 5.54 Å². The zero-order valence-corrected chi connectivity index (χ0v) is 9.18. The highest BCUT2D eigenvalue weighted by atomic mass is 16.2. The zero-order chi connectivity index (χ0) is 11.4. The average molecular weight is 201 g/mol. The van der Waals surface area contributed by atoms with Crippen LogP contribution >= 0.6 is 0 Å². The Morgan fingerprint density at radius 1 is 1.36 bits per heavy atom. The number of nitrogens with one attached hydrogen (secondary N) is 2. The summed E-state index contributed by atoms with van der Waals surface area (Å²) >= 11 is 0. The Kier molecular flexibility index (Phi) is 4.56. The Labute approximate surface area is 84.4 Å². The number of rotatable bonds is 4.